The first-order chi connectivity index (χ1) is 10.5. The lowest BCUT2D eigenvalue weighted by molar-refractivity contribution is 0.0627. The molecular formula is C15H17ClN2O4. The smallest absolute Gasteiger partial charge is 0.410 e. The average molecular weight is 325 g/mol. The lowest BCUT2D eigenvalue weighted by atomic mass is 10.0. The molecule has 2 fully saturated rings. The molecule has 3 aliphatic heterocycles. The Kier molecular flexibility index (Phi) is 3.13. The maximum Gasteiger partial charge on any atom is 0.410 e. The van der Waals surface area contributed by atoms with Gasteiger partial charge in [-0.1, -0.05) is 11.6 Å². The van der Waals surface area contributed by atoms with Crippen LogP contribution in [0.2, 0.25) is 5.02 Å². The van der Waals surface area contributed by atoms with E-state index in [0.29, 0.717) is 23.9 Å². The predicted molar refractivity (Wildman–Crippen MR) is 79.3 cm³/mol. The zero-order chi connectivity index (χ0) is 15.3. The molecule has 118 valence electrons. The molecule has 0 N–H and O–H groups in total. The number of ether oxygens (including phenoxy) is 3. The summed E-state index contributed by atoms with van der Waals surface area (Å²) in [4.78, 5) is 15.5. The van der Waals surface area contributed by atoms with Gasteiger partial charge < -0.3 is 19.1 Å². The van der Waals surface area contributed by atoms with E-state index in [1.807, 2.05) is 6.07 Å². The third kappa shape index (κ3) is 2.27. The van der Waals surface area contributed by atoms with Gasteiger partial charge in [0.15, 0.2) is 11.5 Å². The third-order valence-corrected chi connectivity index (χ3v) is 4.82. The number of nitrogens with zero attached hydrogens (tertiary/aromatic N) is 2. The second-order valence-corrected chi connectivity index (χ2v) is 6.57. The molecule has 3 aliphatic rings. The summed E-state index contributed by atoms with van der Waals surface area (Å²) < 4.78 is 16.3. The van der Waals surface area contributed by atoms with Crippen molar-refractivity contribution in [1.82, 2.24) is 9.80 Å². The monoisotopic (exact) mass is 324 g/mol. The molecule has 1 amide bonds. The van der Waals surface area contributed by atoms with E-state index in [2.05, 4.69) is 4.90 Å². The van der Waals surface area contributed by atoms with Crippen molar-refractivity contribution in [1.29, 1.82) is 0 Å². The van der Waals surface area contributed by atoms with Gasteiger partial charge in [0.25, 0.3) is 0 Å². The Bertz CT molecular complexity index is 638. The van der Waals surface area contributed by atoms with Crippen LogP contribution in [0.15, 0.2) is 12.1 Å². The van der Waals surface area contributed by atoms with Crippen LogP contribution in [-0.4, -0.2) is 55.0 Å². The highest BCUT2D eigenvalue weighted by Gasteiger charge is 2.48. The van der Waals surface area contributed by atoms with Gasteiger partial charge in [-0.25, -0.2) is 4.79 Å². The first kappa shape index (κ1) is 14.0. The van der Waals surface area contributed by atoms with Crippen molar-refractivity contribution in [3.05, 3.63) is 22.7 Å². The van der Waals surface area contributed by atoms with Gasteiger partial charge >= 0.3 is 6.09 Å². The summed E-state index contributed by atoms with van der Waals surface area (Å²) in [6.07, 6.45) is 0.619. The fourth-order valence-electron chi connectivity index (χ4n) is 3.39. The summed E-state index contributed by atoms with van der Waals surface area (Å²) in [5.74, 6) is 1.43. The van der Waals surface area contributed by atoms with Gasteiger partial charge in [0.2, 0.25) is 6.79 Å². The number of halogens is 1. The summed E-state index contributed by atoms with van der Waals surface area (Å²) in [5.41, 5.74) is 0.634. The highest BCUT2D eigenvalue weighted by molar-refractivity contribution is 6.31. The maximum absolute atomic E-state index is 11.6. The summed E-state index contributed by atoms with van der Waals surface area (Å²) in [5, 5.41) is 0.672. The molecule has 4 rings (SSSR count). The Balaban J connectivity index is 1.48. The zero-order valence-electron chi connectivity index (χ0n) is 12.3. The van der Waals surface area contributed by atoms with Gasteiger partial charge in [-0.3, -0.25) is 4.90 Å². The molecule has 0 bridgehead atoms. The number of amides is 1. The Hall–Kier alpha value is -1.66. The molecule has 0 unspecified atom stereocenters. The molecular weight excluding hydrogens is 308 g/mol. The number of hydrogen-bond acceptors (Lipinski definition) is 5. The van der Waals surface area contributed by atoms with Gasteiger partial charge in [-0.15, -0.1) is 0 Å². The van der Waals surface area contributed by atoms with Gasteiger partial charge in [0, 0.05) is 44.2 Å². The fraction of sp³-hybridized carbons (Fsp3) is 0.533. The molecule has 7 heteroatoms. The van der Waals surface area contributed by atoms with E-state index in [4.69, 9.17) is 25.8 Å². The Morgan fingerprint density at radius 1 is 1.27 bits per heavy atom. The van der Waals surface area contributed by atoms with E-state index in [9.17, 15) is 4.79 Å². The summed E-state index contributed by atoms with van der Waals surface area (Å²) in [6, 6.07) is 3.73. The Labute approximate surface area is 133 Å². The second-order valence-electron chi connectivity index (χ2n) is 6.16. The maximum atomic E-state index is 11.6. The van der Waals surface area contributed by atoms with Gasteiger partial charge in [-0.05, 0) is 11.6 Å². The topological polar surface area (TPSA) is 51.2 Å². The lowest BCUT2D eigenvalue weighted by Crippen LogP contribution is -2.37. The molecule has 6 nitrogen and oxygen atoms in total. The van der Waals surface area contributed by atoms with Crippen LogP contribution in [0.1, 0.15) is 12.0 Å². The molecule has 3 heterocycles. The number of likely N-dealkylation sites (tertiary alicyclic amines) is 1. The zero-order valence-corrected chi connectivity index (χ0v) is 13.1. The van der Waals surface area contributed by atoms with Crippen LogP contribution < -0.4 is 9.47 Å². The van der Waals surface area contributed by atoms with Crippen molar-refractivity contribution < 1.29 is 19.0 Å². The van der Waals surface area contributed by atoms with Gasteiger partial charge in [0.1, 0.15) is 5.60 Å². The van der Waals surface area contributed by atoms with Gasteiger partial charge in [-0.2, -0.15) is 0 Å². The number of likely N-dealkylation sites (N-methyl/N-ethyl adjacent to an activating group) is 1. The SMILES string of the molecule is CN1C[C@]2(CCN(Cc3cc4c(cc3Cl)OCO4)C2)OC1=O. The van der Waals surface area contributed by atoms with E-state index in [1.165, 1.54) is 0 Å². The fourth-order valence-corrected chi connectivity index (χ4v) is 3.60. The van der Waals surface area contributed by atoms with Crippen LogP contribution in [0.25, 0.3) is 0 Å². The quantitative estimate of drug-likeness (QED) is 0.834. The van der Waals surface area contributed by atoms with E-state index >= 15 is 0 Å². The highest BCUT2D eigenvalue weighted by atomic mass is 35.5. The van der Waals surface area contributed by atoms with Crippen LogP contribution in [0, 0.1) is 0 Å². The Morgan fingerprint density at radius 2 is 2.05 bits per heavy atom. The van der Waals surface area contributed by atoms with Crippen LogP contribution in [0.3, 0.4) is 0 Å². The second kappa shape index (κ2) is 4.93. The summed E-state index contributed by atoms with van der Waals surface area (Å²) >= 11 is 6.33. The molecule has 1 spiro atoms. The molecule has 22 heavy (non-hydrogen) atoms. The highest BCUT2D eigenvalue weighted by Crippen LogP contribution is 2.38. The van der Waals surface area contributed by atoms with Crippen LogP contribution in [-0.2, 0) is 11.3 Å². The number of rotatable bonds is 2. The van der Waals surface area contributed by atoms with Crippen molar-refractivity contribution in [2.45, 2.75) is 18.6 Å². The molecule has 0 aromatic heterocycles. The number of fused-ring (bicyclic) bond motifs is 1. The van der Waals surface area contributed by atoms with Gasteiger partial charge in [0.05, 0.1) is 6.54 Å². The number of carbonyl (C=O) groups is 1. The molecule has 0 saturated carbocycles. The normalized spacial score (nSPS) is 27.0. The van der Waals surface area contributed by atoms with E-state index in [0.717, 1.165) is 30.8 Å². The van der Waals surface area contributed by atoms with E-state index < -0.39 is 0 Å². The van der Waals surface area contributed by atoms with Crippen LogP contribution in [0.4, 0.5) is 4.79 Å². The molecule has 1 atom stereocenters. The summed E-state index contributed by atoms with van der Waals surface area (Å²) in [6.45, 7) is 3.21. The molecule has 1 aromatic rings. The average Bonchev–Trinajstić information content (AvgIpc) is 3.13. The van der Waals surface area contributed by atoms with E-state index in [-0.39, 0.29) is 18.5 Å². The third-order valence-electron chi connectivity index (χ3n) is 4.47. The largest absolute Gasteiger partial charge is 0.454 e. The van der Waals surface area contributed by atoms with Crippen molar-refractivity contribution in [3.63, 3.8) is 0 Å². The minimum absolute atomic E-state index is 0.233. The lowest BCUT2D eigenvalue weighted by Gasteiger charge is -2.22. The molecule has 0 aliphatic carbocycles. The van der Waals surface area contributed by atoms with Crippen LogP contribution >= 0.6 is 11.6 Å². The van der Waals surface area contributed by atoms with Crippen molar-refractivity contribution >= 4 is 17.7 Å². The van der Waals surface area contributed by atoms with Crippen molar-refractivity contribution in [2.75, 3.05) is 33.5 Å². The van der Waals surface area contributed by atoms with Crippen molar-refractivity contribution in [3.8, 4) is 11.5 Å². The molecule has 0 radical (unpaired) electrons. The first-order valence-corrected chi connectivity index (χ1v) is 7.67. The number of benzene rings is 1. The minimum Gasteiger partial charge on any atom is -0.454 e. The van der Waals surface area contributed by atoms with Crippen LogP contribution in [0.5, 0.6) is 11.5 Å². The van der Waals surface area contributed by atoms with E-state index in [1.54, 1.807) is 18.0 Å². The van der Waals surface area contributed by atoms with Crippen molar-refractivity contribution in [2.24, 2.45) is 0 Å². The minimum atomic E-state index is -0.366. The standard InChI is InChI=1S/C15H17ClN2O4/c1-17-7-15(22-14(17)19)2-3-18(8-15)6-10-4-12-13(5-11(10)16)21-9-20-12/h4-5H,2-3,6-9H2,1H3/t15-/m0/s1. The Morgan fingerprint density at radius 3 is 2.77 bits per heavy atom. The number of hydrogen-bond donors (Lipinski definition) is 0. The summed E-state index contributed by atoms with van der Waals surface area (Å²) in [7, 11) is 1.77. The predicted octanol–water partition coefficient (Wildman–Crippen LogP) is 2.10. The molecule has 1 aromatic carbocycles. The first-order valence-electron chi connectivity index (χ1n) is 7.29. The molecule has 2 saturated heterocycles. The number of carbonyl (C=O) groups excluding carboxylic acids is 1.